The molecule has 0 bridgehead atoms. The minimum Gasteiger partial charge on any atom is -0.395 e. The van der Waals surface area contributed by atoms with Crippen LogP contribution in [0.4, 0.5) is 13.2 Å². The molecule has 0 fully saturated rings. The summed E-state index contributed by atoms with van der Waals surface area (Å²) in [6.45, 7) is 1.05. The molecular formula is C9H8F3O. The first-order valence-corrected chi connectivity index (χ1v) is 3.64. The summed E-state index contributed by atoms with van der Waals surface area (Å²) >= 11 is 0. The zero-order chi connectivity index (χ0) is 10.0. The molecule has 71 valence electrons. The van der Waals surface area contributed by atoms with Crippen molar-refractivity contribution in [3.63, 3.8) is 0 Å². The highest BCUT2D eigenvalue weighted by Gasteiger charge is 2.14. The number of hydrogen-bond donors (Lipinski definition) is 1. The SMILES string of the molecule is C[C](CO)c1cc(F)c(F)cc1F. The number of halogens is 3. The monoisotopic (exact) mass is 189 g/mol. The first kappa shape index (κ1) is 10.1. The van der Waals surface area contributed by atoms with Gasteiger partial charge in [-0.05, 0) is 6.07 Å². The van der Waals surface area contributed by atoms with Crippen molar-refractivity contribution in [2.45, 2.75) is 6.92 Å². The highest BCUT2D eigenvalue weighted by Crippen LogP contribution is 2.20. The Kier molecular flexibility index (Phi) is 2.93. The summed E-state index contributed by atoms with van der Waals surface area (Å²) in [7, 11) is 0. The van der Waals surface area contributed by atoms with Crippen LogP contribution in [0.25, 0.3) is 0 Å². The van der Waals surface area contributed by atoms with E-state index in [2.05, 4.69) is 0 Å². The maximum Gasteiger partial charge on any atom is 0.161 e. The van der Waals surface area contributed by atoms with Crippen LogP contribution in [-0.4, -0.2) is 11.7 Å². The molecule has 0 spiro atoms. The Morgan fingerprint density at radius 2 is 1.69 bits per heavy atom. The average Bonchev–Trinajstić information content (AvgIpc) is 2.10. The second kappa shape index (κ2) is 3.79. The first-order chi connectivity index (χ1) is 6.06. The van der Waals surface area contributed by atoms with E-state index in [0.29, 0.717) is 6.07 Å². The van der Waals surface area contributed by atoms with E-state index in [-0.39, 0.29) is 18.1 Å². The van der Waals surface area contributed by atoms with Crippen molar-refractivity contribution in [2.24, 2.45) is 0 Å². The van der Waals surface area contributed by atoms with E-state index < -0.39 is 17.5 Å². The van der Waals surface area contributed by atoms with Crippen LogP contribution in [-0.2, 0) is 0 Å². The van der Waals surface area contributed by atoms with Gasteiger partial charge in [-0.3, -0.25) is 0 Å². The molecule has 0 aromatic heterocycles. The molecule has 0 atom stereocenters. The lowest BCUT2D eigenvalue weighted by atomic mass is 10.0. The molecule has 1 aromatic rings. The van der Waals surface area contributed by atoms with Gasteiger partial charge in [0.15, 0.2) is 11.6 Å². The van der Waals surface area contributed by atoms with Crippen LogP contribution < -0.4 is 0 Å². The molecule has 0 saturated heterocycles. The van der Waals surface area contributed by atoms with Crippen LogP contribution in [0.5, 0.6) is 0 Å². The topological polar surface area (TPSA) is 20.2 Å². The molecule has 0 amide bonds. The Morgan fingerprint density at radius 3 is 2.23 bits per heavy atom. The van der Waals surface area contributed by atoms with Crippen molar-refractivity contribution < 1.29 is 18.3 Å². The van der Waals surface area contributed by atoms with E-state index in [4.69, 9.17) is 5.11 Å². The highest BCUT2D eigenvalue weighted by atomic mass is 19.2. The lowest BCUT2D eigenvalue weighted by Crippen LogP contribution is -2.04. The van der Waals surface area contributed by atoms with Crippen LogP contribution >= 0.6 is 0 Å². The number of benzene rings is 1. The van der Waals surface area contributed by atoms with Crippen molar-refractivity contribution in [3.05, 3.63) is 41.1 Å². The van der Waals surface area contributed by atoms with Crippen LogP contribution in [0.15, 0.2) is 12.1 Å². The Bertz CT molecular complexity index is 312. The highest BCUT2D eigenvalue weighted by molar-refractivity contribution is 5.32. The number of aliphatic hydroxyl groups is 1. The van der Waals surface area contributed by atoms with Crippen molar-refractivity contribution >= 4 is 0 Å². The molecule has 0 aliphatic heterocycles. The van der Waals surface area contributed by atoms with Gasteiger partial charge in [-0.25, -0.2) is 13.2 Å². The summed E-state index contributed by atoms with van der Waals surface area (Å²) in [6, 6.07) is 1.19. The molecule has 0 heterocycles. The van der Waals surface area contributed by atoms with Crippen molar-refractivity contribution in [2.75, 3.05) is 6.61 Å². The fourth-order valence-corrected chi connectivity index (χ4v) is 0.935. The third-order valence-corrected chi connectivity index (χ3v) is 1.71. The smallest absolute Gasteiger partial charge is 0.161 e. The fraction of sp³-hybridized carbons (Fsp3) is 0.222. The minimum absolute atomic E-state index is 0.0959. The second-order valence-corrected chi connectivity index (χ2v) is 2.68. The van der Waals surface area contributed by atoms with Gasteiger partial charge in [0.25, 0.3) is 0 Å². The van der Waals surface area contributed by atoms with Gasteiger partial charge in [0.05, 0.1) is 6.61 Å². The Balaban J connectivity index is 3.15. The summed E-state index contributed by atoms with van der Waals surface area (Å²) in [4.78, 5) is 0. The summed E-state index contributed by atoms with van der Waals surface area (Å²) in [5.74, 6) is -2.96. The van der Waals surface area contributed by atoms with Gasteiger partial charge in [0.2, 0.25) is 0 Å². The second-order valence-electron chi connectivity index (χ2n) is 2.68. The molecule has 1 rings (SSSR count). The van der Waals surface area contributed by atoms with Gasteiger partial charge < -0.3 is 5.11 Å². The fourth-order valence-electron chi connectivity index (χ4n) is 0.935. The van der Waals surface area contributed by atoms with Gasteiger partial charge in [-0.15, -0.1) is 0 Å². The van der Waals surface area contributed by atoms with E-state index in [9.17, 15) is 13.2 Å². The molecule has 1 N–H and O–H groups in total. The van der Waals surface area contributed by atoms with Gasteiger partial charge in [-0.1, -0.05) is 6.92 Å². The molecule has 1 radical (unpaired) electrons. The summed E-state index contributed by atoms with van der Waals surface area (Å²) in [5, 5.41) is 8.65. The standard InChI is InChI=1S/C9H8F3O/c1-5(4-13)6-2-8(11)9(12)3-7(6)10/h2-3,13H,4H2,1H3. The van der Waals surface area contributed by atoms with E-state index in [1.54, 1.807) is 0 Å². The third kappa shape index (κ3) is 2.01. The van der Waals surface area contributed by atoms with Gasteiger partial charge in [-0.2, -0.15) is 0 Å². The van der Waals surface area contributed by atoms with Crippen molar-refractivity contribution in [3.8, 4) is 0 Å². The molecule has 1 aromatic carbocycles. The lowest BCUT2D eigenvalue weighted by molar-refractivity contribution is 0.313. The normalized spacial score (nSPS) is 10.9. The zero-order valence-corrected chi connectivity index (χ0v) is 6.94. The summed E-state index contributed by atoms with van der Waals surface area (Å²) < 4.78 is 38.0. The Morgan fingerprint density at radius 1 is 1.15 bits per heavy atom. The maximum atomic E-state index is 12.9. The molecular weight excluding hydrogens is 181 g/mol. The van der Waals surface area contributed by atoms with Crippen molar-refractivity contribution in [1.82, 2.24) is 0 Å². The van der Waals surface area contributed by atoms with E-state index in [1.165, 1.54) is 6.92 Å². The first-order valence-electron chi connectivity index (χ1n) is 3.64. The van der Waals surface area contributed by atoms with Crippen LogP contribution in [0.1, 0.15) is 12.5 Å². The number of rotatable bonds is 2. The minimum atomic E-state index is -1.23. The molecule has 0 unspecified atom stereocenters. The van der Waals surface area contributed by atoms with Crippen molar-refractivity contribution in [1.29, 1.82) is 0 Å². The summed E-state index contributed by atoms with van der Waals surface area (Å²) in [5.41, 5.74) is -0.0959. The number of hydrogen-bond acceptors (Lipinski definition) is 1. The molecule has 4 heteroatoms. The number of aliphatic hydroxyl groups excluding tert-OH is 1. The summed E-state index contributed by atoms with van der Waals surface area (Å²) in [6.07, 6.45) is 0. The van der Waals surface area contributed by atoms with Gasteiger partial charge >= 0.3 is 0 Å². The van der Waals surface area contributed by atoms with Crippen LogP contribution in [0.3, 0.4) is 0 Å². The maximum absolute atomic E-state index is 12.9. The quantitative estimate of drug-likeness (QED) is 0.706. The molecule has 0 saturated carbocycles. The Labute approximate surface area is 73.8 Å². The largest absolute Gasteiger partial charge is 0.395 e. The zero-order valence-electron chi connectivity index (χ0n) is 6.94. The van der Waals surface area contributed by atoms with E-state index in [0.717, 1.165) is 6.07 Å². The van der Waals surface area contributed by atoms with E-state index >= 15 is 0 Å². The lowest BCUT2D eigenvalue weighted by Gasteiger charge is -2.08. The molecule has 0 aliphatic rings. The van der Waals surface area contributed by atoms with E-state index in [1.807, 2.05) is 0 Å². The van der Waals surface area contributed by atoms with Gasteiger partial charge in [0.1, 0.15) is 5.82 Å². The Hall–Kier alpha value is -1.03. The van der Waals surface area contributed by atoms with Crippen LogP contribution in [0.2, 0.25) is 0 Å². The molecule has 0 aliphatic carbocycles. The molecule has 1 nitrogen and oxygen atoms in total. The predicted molar refractivity (Wildman–Crippen MR) is 41.4 cm³/mol. The predicted octanol–water partition coefficient (Wildman–Crippen LogP) is 2.04. The third-order valence-electron chi connectivity index (χ3n) is 1.71. The molecule has 13 heavy (non-hydrogen) atoms. The average molecular weight is 189 g/mol. The van der Waals surface area contributed by atoms with Gasteiger partial charge in [0, 0.05) is 17.5 Å². The van der Waals surface area contributed by atoms with Crippen LogP contribution in [0, 0.1) is 23.4 Å².